The molecule has 0 bridgehead atoms. The zero-order chi connectivity index (χ0) is 10.8. The Morgan fingerprint density at radius 1 is 1.50 bits per heavy atom. The number of amides is 1. The van der Waals surface area contributed by atoms with E-state index in [4.69, 9.17) is 14.7 Å². The Morgan fingerprint density at radius 3 is 2.79 bits per heavy atom. The molecule has 0 N–H and O–H groups in total. The third-order valence-corrected chi connectivity index (χ3v) is 1.64. The SMILES string of the molecule is COCCOCC(=O)N(C)CCC#N. The van der Waals surface area contributed by atoms with E-state index in [1.54, 1.807) is 14.2 Å². The highest BCUT2D eigenvalue weighted by molar-refractivity contribution is 5.77. The Labute approximate surface area is 84.2 Å². The van der Waals surface area contributed by atoms with E-state index >= 15 is 0 Å². The molecule has 0 aliphatic rings. The molecule has 0 radical (unpaired) electrons. The Balaban J connectivity index is 3.48. The van der Waals surface area contributed by atoms with Crippen molar-refractivity contribution in [2.75, 3.05) is 40.5 Å². The first-order chi connectivity index (χ1) is 6.72. The smallest absolute Gasteiger partial charge is 0.248 e. The van der Waals surface area contributed by atoms with E-state index < -0.39 is 0 Å². The van der Waals surface area contributed by atoms with Crippen molar-refractivity contribution in [2.24, 2.45) is 0 Å². The largest absolute Gasteiger partial charge is 0.382 e. The van der Waals surface area contributed by atoms with E-state index in [0.29, 0.717) is 26.2 Å². The maximum absolute atomic E-state index is 11.3. The molecule has 0 rings (SSSR count). The van der Waals surface area contributed by atoms with Crippen LogP contribution < -0.4 is 0 Å². The molecule has 0 atom stereocenters. The number of carbonyl (C=O) groups is 1. The standard InChI is InChI=1S/C9H16N2O3/c1-11(5-3-4-10)9(12)8-14-7-6-13-2/h3,5-8H2,1-2H3. The first-order valence-electron chi connectivity index (χ1n) is 4.40. The molecule has 0 fully saturated rings. The molecular weight excluding hydrogens is 184 g/mol. The van der Waals surface area contributed by atoms with Gasteiger partial charge in [0.25, 0.3) is 0 Å². The Morgan fingerprint density at radius 2 is 2.21 bits per heavy atom. The van der Waals surface area contributed by atoms with Gasteiger partial charge < -0.3 is 14.4 Å². The van der Waals surface area contributed by atoms with E-state index in [-0.39, 0.29) is 12.5 Å². The Bertz CT molecular complexity index is 201. The van der Waals surface area contributed by atoms with Crippen molar-refractivity contribution in [3.05, 3.63) is 0 Å². The van der Waals surface area contributed by atoms with E-state index in [2.05, 4.69) is 0 Å². The highest BCUT2D eigenvalue weighted by Crippen LogP contribution is 1.89. The maximum atomic E-state index is 11.3. The molecule has 1 amide bonds. The van der Waals surface area contributed by atoms with Gasteiger partial charge in [-0.1, -0.05) is 0 Å². The number of methoxy groups -OCH3 is 1. The fraction of sp³-hybridized carbons (Fsp3) is 0.778. The number of hydrogen-bond donors (Lipinski definition) is 0. The van der Waals surface area contributed by atoms with Crippen LogP contribution in [0.3, 0.4) is 0 Å². The van der Waals surface area contributed by atoms with Crippen molar-refractivity contribution in [1.82, 2.24) is 4.90 Å². The van der Waals surface area contributed by atoms with Crippen LogP contribution in [0.5, 0.6) is 0 Å². The van der Waals surface area contributed by atoms with Crippen LogP contribution in [-0.2, 0) is 14.3 Å². The number of nitriles is 1. The summed E-state index contributed by atoms with van der Waals surface area (Å²) in [5.74, 6) is -0.114. The van der Waals surface area contributed by atoms with Gasteiger partial charge in [0.15, 0.2) is 0 Å². The van der Waals surface area contributed by atoms with E-state index in [1.165, 1.54) is 4.90 Å². The second-order valence-electron chi connectivity index (χ2n) is 2.77. The molecule has 0 aromatic carbocycles. The highest BCUT2D eigenvalue weighted by atomic mass is 16.5. The highest BCUT2D eigenvalue weighted by Gasteiger charge is 2.07. The molecule has 0 unspecified atom stereocenters. The third-order valence-electron chi connectivity index (χ3n) is 1.64. The van der Waals surface area contributed by atoms with E-state index in [9.17, 15) is 4.79 Å². The minimum atomic E-state index is -0.114. The van der Waals surface area contributed by atoms with Gasteiger partial charge in [-0.25, -0.2) is 0 Å². The molecule has 0 aliphatic carbocycles. The molecule has 0 aromatic heterocycles. The first-order valence-corrected chi connectivity index (χ1v) is 4.40. The predicted molar refractivity (Wildman–Crippen MR) is 50.6 cm³/mol. The molecule has 0 saturated heterocycles. The van der Waals surface area contributed by atoms with Crippen molar-refractivity contribution < 1.29 is 14.3 Å². The van der Waals surface area contributed by atoms with Gasteiger partial charge in [0.05, 0.1) is 25.7 Å². The number of rotatable bonds is 7. The molecule has 0 saturated carbocycles. The lowest BCUT2D eigenvalue weighted by molar-refractivity contribution is -0.135. The molecule has 5 nitrogen and oxygen atoms in total. The zero-order valence-electron chi connectivity index (χ0n) is 8.65. The van der Waals surface area contributed by atoms with Gasteiger partial charge in [-0.15, -0.1) is 0 Å². The summed E-state index contributed by atoms with van der Waals surface area (Å²) in [4.78, 5) is 12.7. The molecule has 0 aromatic rings. The van der Waals surface area contributed by atoms with Gasteiger partial charge in [0, 0.05) is 20.7 Å². The summed E-state index contributed by atoms with van der Waals surface area (Å²) in [6.07, 6.45) is 0.348. The monoisotopic (exact) mass is 200 g/mol. The lowest BCUT2D eigenvalue weighted by Gasteiger charge is -2.15. The molecule has 80 valence electrons. The van der Waals surface area contributed by atoms with Crippen LogP contribution in [0.2, 0.25) is 0 Å². The van der Waals surface area contributed by atoms with Gasteiger partial charge >= 0.3 is 0 Å². The van der Waals surface area contributed by atoms with Crippen molar-refractivity contribution >= 4 is 5.91 Å². The van der Waals surface area contributed by atoms with Crippen molar-refractivity contribution in [1.29, 1.82) is 5.26 Å². The summed E-state index contributed by atoms with van der Waals surface area (Å²) in [5, 5.41) is 8.31. The van der Waals surface area contributed by atoms with Crippen LogP contribution in [0.25, 0.3) is 0 Å². The lowest BCUT2D eigenvalue weighted by Crippen LogP contribution is -2.31. The van der Waals surface area contributed by atoms with Crippen LogP contribution in [0, 0.1) is 11.3 Å². The number of hydrogen-bond acceptors (Lipinski definition) is 4. The Hall–Kier alpha value is -1.12. The van der Waals surface area contributed by atoms with E-state index in [0.717, 1.165) is 0 Å². The molecule has 5 heteroatoms. The number of nitrogens with zero attached hydrogens (tertiary/aromatic N) is 2. The molecule has 0 aliphatic heterocycles. The van der Waals surface area contributed by atoms with Crippen LogP contribution in [0.1, 0.15) is 6.42 Å². The number of carbonyl (C=O) groups excluding carboxylic acids is 1. The van der Waals surface area contributed by atoms with Gasteiger partial charge in [-0.2, -0.15) is 5.26 Å². The summed E-state index contributed by atoms with van der Waals surface area (Å²) >= 11 is 0. The number of likely N-dealkylation sites (N-methyl/N-ethyl adjacent to an activating group) is 1. The minimum Gasteiger partial charge on any atom is -0.382 e. The van der Waals surface area contributed by atoms with Crippen LogP contribution in [0.15, 0.2) is 0 Å². The first kappa shape index (κ1) is 12.9. The second-order valence-corrected chi connectivity index (χ2v) is 2.77. The van der Waals surface area contributed by atoms with Crippen molar-refractivity contribution in [3.63, 3.8) is 0 Å². The molecule has 0 spiro atoms. The Kier molecular flexibility index (Phi) is 7.80. The third kappa shape index (κ3) is 6.40. The lowest BCUT2D eigenvalue weighted by atomic mass is 10.4. The molecule has 14 heavy (non-hydrogen) atoms. The average Bonchev–Trinajstić information content (AvgIpc) is 2.20. The maximum Gasteiger partial charge on any atom is 0.248 e. The average molecular weight is 200 g/mol. The minimum absolute atomic E-state index is 0.0469. The second kappa shape index (κ2) is 8.48. The van der Waals surface area contributed by atoms with Crippen LogP contribution in [-0.4, -0.2) is 51.3 Å². The summed E-state index contributed by atoms with van der Waals surface area (Å²) in [7, 11) is 3.23. The summed E-state index contributed by atoms with van der Waals surface area (Å²) in [6, 6.07) is 1.98. The van der Waals surface area contributed by atoms with Gasteiger partial charge in [-0.05, 0) is 0 Å². The fourth-order valence-corrected chi connectivity index (χ4v) is 0.754. The topological polar surface area (TPSA) is 62.6 Å². The molecule has 0 heterocycles. The summed E-state index contributed by atoms with van der Waals surface area (Å²) < 4.78 is 9.79. The molecular formula is C9H16N2O3. The van der Waals surface area contributed by atoms with Gasteiger partial charge in [0.2, 0.25) is 5.91 Å². The fourth-order valence-electron chi connectivity index (χ4n) is 0.754. The summed E-state index contributed by atoms with van der Waals surface area (Å²) in [6.45, 7) is 1.39. The van der Waals surface area contributed by atoms with Gasteiger partial charge in [0.1, 0.15) is 6.61 Å². The van der Waals surface area contributed by atoms with Crippen LogP contribution >= 0.6 is 0 Å². The van der Waals surface area contributed by atoms with Crippen LogP contribution in [0.4, 0.5) is 0 Å². The number of ether oxygens (including phenoxy) is 2. The summed E-state index contributed by atoms with van der Waals surface area (Å²) in [5.41, 5.74) is 0. The van der Waals surface area contributed by atoms with Crippen molar-refractivity contribution in [3.8, 4) is 6.07 Å². The zero-order valence-corrected chi connectivity index (χ0v) is 8.65. The predicted octanol–water partition coefficient (Wildman–Crippen LogP) is 0.0215. The van der Waals surface area contributed by atoms with E-state index in [1.807, 2.05) is 6.07 Å². The van der Waals surface area contributed by atoms with Gasteiger partial charge in [-0.3, -0.25) is 4.79 Å². The quantitative estimate of drug-likeness (QED) is 0.543. The normalized spacial score (nSPS) is 9.50. The van der Waals surface area contributed by atoms with Crippen molar-refractivity contribution in [2.45, 2.75) is 6.42 Å².